The Hall–Kier alpha value is -2.55. The highest BCUT2D eigenvalue weighted by Crippen LogP contribution is 2.23. The molecule has 3 heteroatoms. The van der Waals surface area contributed by atoms with E-state index in [0.29, 0.717) is 18.9 Å². The van der Waals surface area contributed by atoms with Crippen LogP contribution in [0.2, 0.25) is 0 Å². The van der Waals surface area contributed by atoms with Gasteiger partial charge in [0, 0.05) is 17.5 Å². The second-order valence-electron chi connectivity index (χ2n) is 6.24. The van der Waals surface area contributed by atoms with Gasteiger partial charge in [0.2, 0.25) is 5.91 Å². The number of hydrogen-bond acceptors (Lipinski definition) is 2. The van der Waals surface area contributed by atoms with E-state index in [-0.39, 0.29) is 5.91 Å². The SMILES string of the molecule is CCc1ccc2c(CC(=O)NC[C@H](C)c3ccccc3)coc2c1. The highest BCUT2D eigenvalue weighted by molar-refractivity contribution is 5.87. The lowest BCUT2D eigenvalue weighted by atomic mass is 10.0. The quantitative estimate of drug-likeness (QED) is 0.728. The average Bonchev–Trinajstić information content (AvgIpc) is 3.02. The number of nitrogens with one attached hydrogen (secondary N) is 1. The number of fused-ring (bicyclic) bond motifs is 1. The first-order chi connectivity index (χ1) is 11.7. The van der Waals surface area contributed by atoms with Gasteiger partial charge < -0.3 is 9.73 Å². The first-order valence-corrected chi connectivity index (χ1v) is 8.48. The van der Waals surface area contributed by atoms with E-state index >= 15 is 0 Å². The van der Waals surface area contributed by atoms with Crippen LogP contribution >= 0.6 is 0 Å². The van der Waals surface area contributed by atoms with Gasteiger partial charge in [-0.25, -0.2) is 0 Å². The molecule has 0 saturated carbocycles. The molecule has 0 aliphatic carbocycles. The first-order valence-electron chi connectivity index (χ1n) is 8.48. The summed E-state index contributed by atoms with van der Waals surface area (Å²) in [5, 5.41) is 4.05. The van der Waals surface area contributed by atoms with Gasteiger partial charge in [0.05, 0.1) is 12.7 Å². The Morgan fingerprint density at radius 3 is 2.71 bits per heavy atom. The average molecular weight is 321 g/mol. The maximum Gasteiger partial charge on any atom is 0.224 e. The summed E-state index contributed by atoms with van der Waals surface area (Å²) in [7, 11) is 0. The van der Waals surface area contributed by atoms with Crippen molar-refractivity contribution < 1.29 is 9.21 Å². The monoisotopic (exact) mass is 321 g/mol. The highest BCUT2D eigenvalue weighted by Gasteiger charge is 2.12. The van der Waals surface area contributed by atoms with Crippen LogP contribution in [0, 0.1) is 0 Å². The molecule has 1 amide bonds. The molecule has 3 nitrogen and oxygen atoms in total. The van der Waals surface area contributed by atoms with E-state index in [4.69, 9.17) is 4.42 Å². The van der Waals surface area contributed by atoms with Crippen molar-refractivity contribution in [3.8, 4) is 0 Å². The molecular formula is C21H23NO2. The number of hydrogen-bond donors (Lipinski definition) is 1. The molecular weight excluding hydrogens is 298 g/mol. The molecule has 0 bridgehead atoms. The normalized spacial score (nSPS) is 12.2. The highest BCUT2D eigenvalue weighted by atomic mass is 16.3. The molecule has 3 aromatic rings. The van der Waals surface area contributed by atoms with Crippen LogP contribution in [0.25, 0.3) is 11.0 Å². The van der Waals surface area contributed by atoms with Crippen LogP contribution in [-0.4, -0.2) is 12.5 Å². The van der Waals surface area contributed by atoms with Crippen LogP contribution in [-0.2, 0) is 17.6 Å². The van der Waals surface area contributed by atoms with Crippen molar-refractivity contribution in [3.05, 3.63) is 71.5 Å². The van der Waals surface area contributed by atoms with Crippen molar-refractivity contribution in [1.82, 2.24) is 5.32 Å². The van der Waals surface area contributed by atoms with E-state index in [1.807, 2.05) is 30.3 Å². The summed E-state index contributed by atoms with van der Waals surface area (Å²) in [5.41, 5.74) is 4.27. The molecule has 3 rings (SSSR count). The third-order valence-corrected chi connectivity index (χ3v) is 4.45. The van der Waals surface area contributed by atoms with Crippen LogP contribution in [0.15, 0.2) is 59.2 Å². The summed E-state index contributed by atoms with van der Waals surface area (Å²) in [4.78, 5) is 12.3. The molecule has 1 heterocycles. The fraction of sp³-hybridized carbons (Fsp3) is 0.286. The van der Waals surface area contributed by atoms with Gasteiger partial charge in [0.1, 0.15) is 5.58 Å². The van der Waals surface area contributed by atoms with Gasteiger partial charge in [-0.3, -0.25) is 4.79 Å². The molecule has 1 N–H and O–H groups in total. The second-order valence-corrected chi connectivity index (χ2v) is 6.24. The van der Waals surface area contributed by atoms with Crippen molar-refractivity contribution >= 4 is 16.9 Å². The van der Waals surface area contributed by atoms with Crippen LogP contribution < -0.4 is 5.32 Å². The lowest BCUT2D eigenvalue weighted by molar-refractivity contribution is -0.120. The van der Waals surface area contributed by atoms with Gasteiger partial charge >= 0.3 is 0 Å². The Bertz CT molecular complexity index is 820. The van der Waals surface area contributed by atoms with E-state index < -0.39 is 0 Å². The van der Waals surface area contributed by atoms with Crippen molar-refractivity contribution in [3.63, 3.8) is 0 Å². The maximum atomic E-state index is 12.3. The molecule has 0 aliphatic heterocycles. The maximum absolute atomic E-state index is 12.3. The van der Waals surface area contributed by atoms with Crippen molar-refractivity contribution in [2.45, 2.75) is 32.6 Å². The Morgan fingerprint density at radius 2 is 1.96 bits per heavy atom. The van der Waals surface area contributed by atoms with E-state index in [9.17, 15) is 4.79 Å². The Morgan fingerprint density at radius 1 is 1.17 bits per heavy atom. The van der Waals surface area contributed by atoms with Gasteiger partial charge in [0.25, 0.3) is 0 Å². The number of carbonyl (C=O) groups is 1. The summed E-state index contributed by atoms with van der Waals surface area (Å²) in [6.07, 6.45) is 3.02. The first kappa shape index (κ1) is 16.3. The molecule has 0 aliphatic rings. The molecule has 0 spiro atoms. The molecule has 0 unspecified atom stereocenters. The zero-order valence-electron chi connectivity index (χ0n) is 14.2. The van der Waals surface area contributed by atoms with E-state index in [0.717, 1.165) is 23.0 Å². The minimum Gasteiger partial charge on any atom is -0.464 e. The lowest BCUT2D eigenvalue weighted by Gasteiger charge is -2.12. The number of rotatable bonds is 6. The second kappa shape index (κ2) is 7.35. The summed E-state index contributed by atoms with van der Waals surface area (Å²) < 4.78 is 5.61. The largest absolute Gasteiger partial charge is 0.464 e. The van der Waals surface area contributed by atoms with Gasteiger partial charge in [-0.15, -0.1) is 0 Å². The number of benzene rings is 2. The number of furan rings is 1. The van der Waals surface area contributed by atoms with Crippen molar-refractivity contribution in [1.29, 1.82) is 0 Å². The zero-order valence-corrected chi connectivity index (χ0v) is 14.2. The van der Waals surface area contributed by atoms with Crippen molar-refractivity contribution in [2.24, 2.45) is 0 Å². The van der Waals surface area contributed by atoms with Crippen LogP contribution in [0.5, 0.6) is 0 Å². The molecule has 1 aromatic heterocycles. The third-order valence-electron chi connectivity index (χ3n) is 4.45. The number of aryl methyl sites for hydroxylation is 1. The van der Waals surface area contributed by atoms with E-state index in [1.165, 1.54) is 11.1 Å². The van der Waals surface area contributed by atoms with E-state index in [1.54, 1.807) is 6.26 Å². The summed E-state index contributed by atoms with van der Waals surface area (Å²) in [6.45, 7) is 4.88. The number of carbonyl (C=O) groups excluding carboxylic acids is 1. The Balaban J connectivity index is 1.61. The van der Waals surface area contributed by atoms with E-state index in [2.05, 4.69) is 37.4 Å². The molecule has 0 saturated heterocycles. The third kappa shape index (κ3) is 3.67. The smallest absolute Gasteiger partial charge is 0.224 e. The van der Waals surface area contributed by atoms with Crippen LogP contribution in [0.1, 0.15) is 36.5 Å². The summed E-state index contributed by atoms with van der Waals surface area (Å²) in [6, 6.07) is 16.4. The fourth-order valence-electron chi connectivity index (χ4n) is 2.89. The van der Waals surface area contributed by atoms with Gasteiger partial charge in [0.15, 0.2) is 0 Å². The Labute approximate surface area is 142 Å². The Kier molecular flexibility index (Phi) is 4.99. The predicted octanol–water partition coefficient (Wildman–Crippen LogP) is 4.46. The molecule has 2 aromatic carbocycles. The molecule has 0 radical (unpaired) electrons. The summed E-state index contributed by atoms with van der Waals surface area (Å²) in [5.74, 6) is 0.323. The molecule has 1 atom stereocenters. The van der Waals surface area contributed by atoms with Gasteiger partial charge in [-0.1, -0.05) is 56.3 Å². The molecule has 124 valence electrons. The lowest BCUT2D eigenvalue weighted by Crippen LogP contribution is -2.28. The fourth-order valence-corrected chi connectivity index (χ4v) is 2.89. The minimum atomic E-state index is 0.0278. The molecule has 24 heavy (non-hydrogen) atoms. The minimum absolute atomic E-state index is 0.0278. The number of amides is 1. The zero-order chi connectivity index (χ0) is 16.9. The van der Waals surface area contributed by atoms with Gasteiger partial charge in [-0.05, 0) is 29.5 Å². The predicted molar refractivity (Wildman–Crippen MR) is 97.2 cm³/mol. The molecule has 0 fully saturated rings. The van der Waals surface area contributed by atoms with Crippen molar-refractivity contribution in [2.75, 3.05) is 6.54 Å². The summed E-state index contributed by atoms with van der Waals surface area (Å²) >= 11 is 0. The van der Waals surface area contributed by atoms with Crippen LogP contribution in [0.3, 0.4) is 0 Å². The van der Waals surface area contributed by atoms with Gasteiger partial charge in [-0.2, -0.15) is 0 Å². The standard InChI is InChI=1S/C21H23NO2/c1-3-16-9-10-19-18(14-24-20(19)11-16)12-21(23)22-13-15(2)17-7-5-4-6-8-17/h4-11,14-15H,3,12-13H2,1-2H3,(H,22,23)/t15-/m0/s1. The van der Waals surface area contributed by atoms with Crippen LogP contribution in [0.4, 0.5) is 0 Å². The topological polar surface area (TPSA) is 42.2 Å².